The monoisotopic (exact) mass is 317 g/mol. The lowest BCUT2D eigenvalue weighted by Gasteiger charge is -2.09. The Morgan fingerprint density at radius 2 is 2.27 bits per heavy atom. The van der Waals surface area contributed by atoms with Gasteiger partial charge >= 0.3 is 5.97 Å². The summed E-state index contributed by atoms with van der Waals surface area (Å²) < 4.78 is 12.3. The van der Waals surface area contributed by atoms with Gasteiger partial charge in [0.05, 0.1) is 25.3 Å². The van der Waals surface area contributed by atoms with Crippen molar-refractivity contribution in [2.75, 3.05) is 13.7 Å². The molecule has 3 heterocycles. The molecule has 0 saturated carbocycles. The van der Waals surface area contributed by atoms with Crippen LogP contribution in [0.3, 0.4) is 0 Å². The van der Waals surface area contributed by atoms with E-state index in [2.05, 4.69) is 10.1 Å². The first-order chi connectivity index (χ1) is 10.7. The molecule has 0 aliphatic rings. The van der Waals surface area contributed by atoms with Gasteiger partial charge in [-0.2, -0.15) is 5.10 Å². The molecule has 0 atom stereocenters. The number of thiophene rings is 1. The normalized spacial score (nSPS) is 10.8. The van der Waals surface area contributed by atoms with E-state index in [1.54, 1.807) is 29.3 Å². The van der Waals surface area contributed by atoms with Crippen molar-refractivity contribution < 1.29 is 14.3 Å². The van der Waals surface area contributed by atoms with E-state index in [0.29, 0.717) is 35.4 Å². The predicted molar refractivity (Wildman–Crippen MR) is 83.4 cm³/mol. The standard InChI is InChI=1S/C15H15N3O3S/c1-18-14-11(9-17-18)13(20-2)12(8-16-14)15(19)21-6-5-10-4-3-7-22-10/h3-4,7-9H,5-6H2,1-2H3. The van der Waals surface area contributed by atoms with E-state index < -0.39 is 5.97 Å². The SMILES string of the molecule is COc1c(C(=O)OCCc2cccs2)cnc2c1cnn2C. The maximum absolute atomic E-state index is 12.2. The van der Waals surface area contributed by atoms with Crippen LogP contribution in [-0.4, -0.2) is 34.5 Å². The molecule has 7 heteroatoms. The van der Waals surface area contributed by atoms with Gasteiger partial charge < -0.3 is 9.47 Å². The summed E-state index contributed by atoms with van der Waals surface area (Å²) in [5.74, 6) is 0.00545. The maximum Gasteiger partial charge on any atom is 0.343 e. The highest BCUT2D eigenvalue weighted by molar-refractivity contribution is 7.09. The maximum atomic E-state index is 12.2. The molecule has 0 radical (unpaired) electrons. The molecule has 22 heavy (non-hydrogen) atoms. The van der Waals surface area contributed by atoms with Gasteiger partial charge in [-0.05, 0) is 11.4 Å². The van der Waals surface area contributed by atoms with Crippen LogP contribution in [0.4, 0.5) is 0 Å². The summed E-state index contributed by atoms with van der Waals surface area (Å²) >= 11 is 1.64. The molecule has 0 aliphatic carbocycles. The van der Waals surface area contributed by atoms with Crippen LogP contribution in [0.15, 0.2) is 29.9 Å². The molecule has 3 rings (SSSR count). The Morgan fingerprint density at radius 3 is 3.00 bits per heavy atom. The molecule has 3 aromatic rings. The van der Waals surface area contributed by atoms with Crippen molar-refractivity contribution in [1.82, 2.24) is 14.8 Å². The highest BCUT2D eigenvalue weighted by Crippen LogP contribution is 2.28. The van der Waals surface area contributed by atoms with Gasteiger partial charge in [0.25, 0.3) is 0 Å². The van der Waals surface area contributed by atoms with E-state index in [9.17, 15) is 4.79 Å². The first-order valence-corrected chi connectivity index (χ1v) is 7.63. The Labute approximate surface area is 131 Å². The number of carbonyl (C=O) groups is 1. The molecule has 0 amide bonds. The summed E-state index contributed by atoms with van der Waals surface area (Å²) in [6.07, 6.45) is 3.80. The average Bonchev–Trinajstić information content (AvgIpc) is 3.16. The first kappa shape index (κ1) is 14.5. The number of esters is 1. The largest absolute Gasteiger partial charge is 0.495 e. The van der Waals surface area contributed by atoms with Crippen molar-refractivity contribution in [3.8, 4) is 5.75 Å². The molecule has 0 aromatic carbocycles. The number of nitrogens with zero attached hydrogens (tertiary/aromatic N) is 3. The number of ether oxygens (including phenoxy) is 2. The number of methoxy groups -OCH3 is 1. The van der Waals surface area contributed by atoms with Gasteiger partial charge in [-0.25, -0.2) is 9.78 Å². The van der Waals surface area contributed by atoms with E-state index in [1.165, 1.54) is 18.2 Å². The molecule has 114 valence electrons. The van der Waals surface area contributed by atoms with E-state index >= 15 is 0 Å². The van der Waals surface area contributed by atoms with Crippen LogP contribution >= 0.6 is 11.3 Å². The molecule has 6 nitrogen and oxygen atoms in total. The third kappa shape index (κ3) is 2.67. The number of aryl methyl sites for hydroxylation is 1. The highest BCUT2D eigenvalue weighted by Gasteiger charge is 2.19. The van der Waals surface area contributed by atoms with E-state index in [4.69, 9.17) is 9.47 Å². The summed E-state index contributed by atoms with van der Waals surface area (Å²) in [4.78, 5) is 17.7. The summed E-state index contributed by atoms with van der Waals surface area (Å²) in [6, 6.07) is 3.99. The fourth-order valence-corrected chi connectivity index (χ4v) is 2.91. The van der Waals surface area contributed by atoms with Crippen LogP contribution < -0.4 is 4.74 Å². The van der Waals surface area contributed by atoms with Gasteiger partial charge in [0.15, 0.2) is 5.65 Å². The second kappa shape index (κ2) is 6.15. The molecule has 0 spiro atoms. The predicted octanol–water partition coefficient (Wildman–Crippen LogP) is 2.44. The van der Waals surface area contributed by atoms with Gasteiger partial charge in [-0.1, -0.05) is 6.07 Å². The third-order valence-electron chi connectivity index (χ3n) is 3.30. The fraction of sp³-hybridized carbons (Fsp3) is 0.267. The van der Waals surface area contributed by atoms with Gasteiger partial charge in [-0.3, -0.25) is 4.68 Å². The van der Waals surface area contributed by atoms with E-state index in [0.717, 1.165) is 0 Å². The molecule has 0 aliphatic heterocycles. The van der Waals surface area contributed by atoms with Gasteiger partial charge in [-0.15, -0.1) is 11.3 Å². The smallest absolute Gasteiger partial charge is 0.343 e. The minimum absolute atomic E-state index is 0.314. The number of fused-ring (bicyclic) bond motifs is 1. The van der Waals surface area contributed by atoms with Crippen LogP contribution in [0.1, 0.15) is 15.2 Å². The van der Waals surface area contributed by atoms with Gasteiger partial charge in [0.1, 0.15) is 11.3 Å². The summed E-state index contributed by atoms with van der Waals surface area (Å²) in [7, 11) is 3.30. The summed E-state index contributed by atoms with van der Waals surface area (Å²) in [6.45, 7) is 0.327. The van der Waals surface area contributed by atoms with Gasteiger partial charge in [0.2, 0.25) is 0 Å². The first-order valence-electron chi connectivity index (χ1n) is 6.75. The molecule has 0 fully saturated rings. The third-order valence-corrected chi connectivity index (χ3v) is 4.23. The van der Waals surface area contributed by atoms with E-state index in [1.807, 2.05) is 17.5 Å². The van der Waals surface area contributed by atoms with Gasteiger partial charge in [0, 0.05) is 24.5 Å². The zero-order valence-electron chi connectivity index (χ0n) is 12.3. The minimum Gasteiger partial charge on any atom is -0.495 e. The number of aromatic nitrogens is 3. The van der Waals surface area contributed by atoms with Crippen molar-refractivity contribution in [3.05, 3.63) is 40.3 Å². The molecule has 0 bridgehead atoms. The number of pyridine rings is 1. The molecule has 0 saturated heterocycles. The van der Waals surface area contributed by atoms with Crippen LogP contribution in [0.2, 0.25) is 0 Å². The zero-order chi connectivity index (χ0) is 15.5. The number of carbonyl (C=O) groups excluding carboxylic acids is 1. The Kier molecular flexibility index (Phi) is 4.06. The van der Waals surface area contributed by atoms with Crippen LogP contribution in [0.5, 0.6) is 5.75 Å². The van der Waals surface area contributed by atoms with Crippen molar-refractivity contribution in [1.29, 1.82) is 0 Å². The number of rotatable bonds is 5. The lowest BCUT2D eigenvalue weighted by atomic mass is 10.2. The van der Waals surface area contributed by atoms with Crippen LogP contribution in [0, 0.1) is 0 Å². The second-order valence-electron chi connectivity index (χ2n) is 4.68. The Hall–Kier alpha value is -2.41. The van der Waals surface area contributed by atoms with Crippen molar-refractivity contribution >= 4 is 28.3 Å². The van der Waals surface area contributed by atoms with E-state index in [-0.39, 0.29) is 0 Å². The number of hydrogen-bond acceptors (Lipinski definition) is 6. The lowest BCUT2D eigenvalue weighted by Crippen LogP contribution is -2.10. The number of hydrogen-bond donors (Lipinski definition) is 0. The molecule has 0 unspecified atom stereocenters. The molecule has 0 N–H and O–H groups in total. The minimum atomic E-state index is -0.438. The average molecular weight is 317 g/mol. The fourth-order valence-electron chi connectivity index (χ4n) is 2.22. The summed E-state index contributed by atoms with van der Waals surface area (Å²) in [5.41, 5.74) is 0.973. The van der Waals surface area contributed by atoms with Crippen molar-refractivity contribution in [2.24, 2.45) is 7.05 Å². The zero-order valence-corrected chi connectivity index (χ0v) is 13.1. The lowest BCUT2D eigenvalue weighted by molar-refractivity contribution is 0.0506. The van der Waals surface area contributed by atoms with Crippen LogP contribution in [0.25, 0.3) is 11.0 Å². The van der Waals surface area contributed by atoms with Crippen molar-refractivity contribution in [2.45, 2.75) is 6.42 Å². The second-order valence-corrected chi connectivity index (χ2v) is 5.71. The quantitative estimate of drug-likeness (QED) is 0.676. The molecule has 3 aromatic heterocycles. The highest BCUT2D eigenvalue weighted by atomic mass is 32.1. The molecular formula is C15H15N3O3S. The van der Waals surface area contributed by atoms with Crippen LogP contribution in [-0.2, 0) is 18.2 Å². The summed E-state index contributed by atoms with van der Waals surface area (Å²) in [5, 5.41) is 6.82. The van der Waals surface area contributed by atoms with Crippen molar-refractivity contribution in [3.63, 3.8) is 0 Å². The Bertz CT molecular complexity index is 796. The Balaban J connectivity index is 1.78. The molecular weight excluding hydrogens is 302 g/mol. The topological polar surface area (TPSA) is 66.2 Å². The Morgan fingerprint density at radius 1 is 1.41 bits per heavy atom.